The van der Waals surface area contributed by atoms with Crippen LogP contribution in [0.5, 0.6) is 5.75 Å². The highest BCUT2D eigenvalue weighted by Gasteiger charge is 2.32. The lowest BCUT2D eigenvalue weighted by atomic mass is 9.96. The van der Waals surface area contributed by atoms with Crippen LogP contribution in [-0.2, 0) is 12.2 Å². The Hall–Kier alpha value is -2.84. The third-order valence-electron chi connectivity index (χ3n) is 5.76. The van der Waals surface area contributed by atoms with Crippen LogP contribution in [0, 0.1) is 13.8 Å². The van der Waals surface area contributed by atoms with Gasteiger partial charge >= 0.3 is 0 Å². The zero-order valence-electron chi connectivity index (χ0n) is 18.2. The summed E-state index contributed by atoms with van der Waals surface area (Å²) in [5.74, 6) is 1.56. The molecule has 0 spiro atoms. The zero-order valence-corrected chi connectivity index (χ0v) is 19.8. The molecule has 1 amide bonds. The number of aryl methyl sites for hydroxylation is 2. The molecular formula is C24H23N3O3S2. The van der Waals surface area contributed by atoms with E-state index in [-0.39, 0.29) is 5.91 Å². The Morgan fingerprint density at radius 3 is 2.84 bits per heavy atom. The zero-order chi connectivity index (χ0) is 22.2. The van der Waals surface area contributed by atoms with Gasteiger partial charge in [-0.1, -0.05) is 47.4 Å². The summed E-state index contributed by atoms with van der Waals surface area (Å²) in [6, 6.07) is 11.8. The highest BCUT2D eigenvalue weighted by Crippen LogP contribution is 2.40. The fraction of sp³-hybridized carbons (Fsp3) is 0.292. The Morgan fingerprint density at radius 2 is 2.06 bits per heavy atom. The molecule has 0 saturated heterocycles. The lowest BCUT2D eigenvalue weighted by Gasteiger charge is -2.31. The molecule has 6 nitrogen and oxygen atoms in total. The van der Waals surface area contributed by atoms with Crippen LogP contribution in [0.25, 0.3) is 11.0 Å². The molecule has 0 aliphatic carbocycles. The van der Waals surface area contributed by atoms with Gasteiger partial charge in [-0.2, -0.15) is 0 Å². The maximum atomic E-state index is 13.9. The SMILES string of the molecule is COc1ccc(C)c2c1N(C(=O)c1oc3ccccc3c1CSc1nnc(C)s1)CCC2. The van der Waals surface area contributed by atoms with E-state index in [4.69, 9.17) is 9.15 Å². The minimum atomic E-state index is -0.130. The van der Waals surface area contributed by atoms with Crippen molar-refractivity contribution in [2.24, 2.45) is 0 Å². The van der Waals surface area contributed by atoms with E-state index in [0.29, 0.717) is 23.6 Å². The van der Waals surface area contributed by atoms with Gasteiger partial charge in [0, 0.05) is 23.2 Å². The van der Waals surface area contributed by atoms with Gasteiger partial charge in [-0.25, -0.2) is 0 Å². The highest BCUT2D eigenvalue weighted by atomic mass is 32.2. The second-order valence-corrected chi connectivity index (χ2v) is 10.2. The third kappa shape index (κ3) is 3.67. The molecule has 3 heterocycles. The number of carbonyl (C=O) groups is 1. The van der Waals surface area contributed by atoms with Crippen molar-refractivity contribution in [1.82, 2.24) is 10.2 Å². The number of ether oxygens (including phenoxy) is 1. The van der Waals surface area contributed by atoms with E-state index in [0.717, 1.165) is 44.6 Å². The molecule has 2 aromatic heterocycles. The van der Waals surface area contributed by atoms with Gasteiger partial charge in [0.15, 0.2) is 10.1 Å². The first-order valence-electron chi connectivity index (χ1n) is 10.5. The molecule has 5 rings (SSSR count). The lowest BCUT2D eigenvalue weighted by molar-refractivity contribution is 0.0959. The number of fused-ring (bicyclic) bond motifs is 2. The minimum Gasteiger partial charge on any atom is -0.495 e. The lowest BCUT2D eigenvalue weighted by Crippen LogP contribution is -2.36. The Labute approximate surface area is 194 Å². The maximum Gasteiger partial charge on any atom is 0.294 e. The topological polar surface area (TPSA) is 68.5 Å². The molecule has 32 heavy (non-hydrogen) atoms. The number of amides is 1. The molecule has 0 atom stereocenters. The number of nitrogens with zero attached hydrogens (tertiary/aromatic N) is 3. The second-order valence-electron chi connectivity index (χ2n) is 7.75. The Balaban J connectivity index is 1.57. The average Bonchev–Trinajstić information content (AvgIpc) is 3.40. The van der Waals surface area contributed by atoms with Crippen LogP contribution in [-0.4, -0.2) is 29.8 Å². The van der Waals surface area contributed by atoms with Crippen LogP contribution >= 0.6 is 23.1 Å². The van der Waals surface area contributed by atoms with Crippen molar-refractivity contribution in [2.75, 3.05) is 18.6 Å². The number of rotatable bonds is 5. The van der Waals surface area contributed by atoms with E-state index in [1.54, 1.807) is 30.2 Å². The van der Waals surface area contributed by atoms with Crippen LogP contribution in [0.1, 0.15) is 38.7 Å². The summed E-state index contributed by atoms with van der Waals surface area (Å²) in [6.07, 6.45) is 1.84. The van der Waals surface area contributed by atoms with Crippen LogP contribution in [0.4, 0.5) is 5.69 Å². The number of thioether (sulfide) groups is 1. The van der Waals surface area contributed by atoms with Crippen molar-refractivity contribution in [3.8, 4) is 5.75 Å². The van der Waals surface area contributed by atoms with Gasteiger partial charge in [-0.15, -0.1) is 10.2 Å². The number of anilines is 1. The number of hydrogen-bond acceptors (Lipinski definition) is 7. The van der Waals surface area contributed by atoms with E-state index < -0.39 is 0 Å². The standard InChI is InChI=1S/C24H23N3O3S2/c1-14-10-11-20(29-3)21-16(14)8-6-12-27(21)23(28)22-18(13-31-24-26-25-15(2)32-24)17-7-4-5-9-19(17)30-22/h4-5,7,9-11H,6,8,12-13H2,1-3H3. The molecule has 0 saturated carbocycles. The molecule has 0 N–H and O–H groups in total. The first kappa shape index (κ1) is 21.0. The molecule has 4 aromatic rings. The molecular weight excluding hydrogens is 442 g/mol. The molecule has 164 valence electrons. The summed E-state index contributed by atoms with van der Waals surface area (Å²) >= 11 is 3.13. The van der Waals surface area contributed by atoms with Gasteiger partial charge < -0.3 is 14.1 Å². The van der Waals surface area contributed by atoms with Crippen LogP contribution in [0.2, 0.25) is 0 Å². The van der Waals surface area contributed by atoms with E-state index in [1.807, 2.05) is 42.2 Å². The average molecular weight is 466 g/mol. The smallest absolute Gasteiger partial charge is 0.294 e. The molecule has 8 heteroatoms. The normalized spacial score (nSPS) is 13.4. The molecule has 0 radical (unpaired) electrons. The monoisotopic (exact) mass is 465 g/mol. The predicted octanol–water partition coefficient (Wildman–Crippen LogP) is 5.80. The molecule has 1 aliphatic rings. The van der Waals surface area contributed by atoms with Gasteiger partial charge in [0.25, 0.3) is 5.91 Å². The number of furan rings is 1. The van der Waals surface area contributed by atoms with Crippen molar-refractivity contribution in [1.29, 1.82) is 0 Å². The van der Waals surface area contributed by atoms with Crippen molar-refractivity contribution in [3.63, 3.8) is 0 Å². The van der Waals surface area contributed by atoms with Crippen LogP contribution < -0.4 is 9.64 Å². The van der Waals surface area contributed by atoms with Crippen molar-refractivity contribution in [3.05, 3.63) is 63.9 Å². The summed E-state index contributed by atoms with van der Waals surface area (Å²) in [5, 5.41) is 10.2. The summed E-state index contributed by atoms with van der Waals surface area (Å²) in [7, 11) is 1.65. The number of aromatic nitrogens is 2. The van der Waals surface area contributed by atoms with E-state index >= 15 is 0 Å². The summed E-state index contributed by atoms with van der Waals surface area (Å²) in [4.78, 5) is 15.7. The fourth-order valence-electron chi connectivity index (χ4n) is 4.23. The van der Waals surface area contributed by atoms with E-state index in [2.05, 4.69) is 23.2 Å². The summed E-state index contributed by atoms with van der Waals surface area (Å²) in [6.45, 7) is 4.65. The van der Waals surface area contributed by atoms with Gasteiger partial charge in [-0.3, -0.25) is 4.79 Å². The third-order valence-corrected chi connectivity index (χ3v) is 7.76. The van der Waals surface area contributed by atoms with Gasteiger partial charge in [0.05, 0.1) is 12.8 Å². The molecule has 2 aromatic carbocycles. The van der Waals surface area contributed by atoms with Gasteiger partial charge in [-0.05, 0) is 49.9 Å². The number of hydrogen-bond donors (Lipinski definition) is 0. The number of benzene rings is 2. The second kappa shape index (κ2) is 8.60. The van der Waals surface area contributed by atoms with Crippen LogP contribution in [0.3, 0.4) is 0 Å². The fourth-order valence-corrected chi connectivity index (χ4v) is 6.07. The quantitative estimate of drug-likeness (QED) is 0.347. The first-order valence-corrected chi connectivity index (χ1v) is 12.3. The predicted molar refractivity (Wildman–Crippen MR) is 128 cm³/mol. The number of para-hydroxylation sites is 1. The molecule has 1 aliphatic heterocycles. The van der Waals surface area contributed by atoms with Crippen LogP contribution in [0.15, 0.2) is 45.2 Å². The van der Waals surface area contributed by atoms with Gasteiger partial charge in [0.2, 0.25) is 0 Å². The van der Waals surface area contributed by atoms with Crippen molar-refractivity contribution < 1.29 is 13.9 Å². The van der Waals surface area contributed by atoms with Crippen molar-refractivity contribution >= 4 is 45.7 Å². The highest BCUT2D eigenvalue weighted by molar-refractivity contribution is 8.00. The van der Waals surface area contributed by atoms with Crippen molar-refractivity contribution in [2.45, 2.75) is 36.8 Å². The number of carbonyl (C=O) groups excluding carboxylic acids is 1. The molecule has 0 unspecified atom stereocenters. The summed E-state index contributed by atoms with van der Waals surface area (Å²) < 4.78 is 12.7. The minimum absolute atomic E-state index is 0.130. The first-order chi connectivity index (χ1) is 15.6. The Morgan fingerprint density at radius 1 is 1.22 bits per heavy atom. The Bertz CT molecular complexity index is 1310. The molecule has 0 bridgehead atoms. The number of methoxy groups -OCH3 is 1. The van der Waals surface area contributed by atoms with E-state index in [1.165, 1.54) is 11.1 Å². The molecule has 0 fully saturated rings. The van der Waals surface area contributed by atoms with Gasteiger partial charge in [0.1, 0.15) is 16.3 Å². The maximum absolute atomic E-state index is 13.9. The van der Waals surface area contributed by atoms with E-state index in [9.17, 15) is 4.79 Å². The summed E-state index contributed by atoms with van der Waals surface area (Å²) in [5.41, 5.74) is 4.81. The Kier molecular flexibility index (Phi) is 5.65. The largest absolute Gasteiger partial charge is 0.495 e.